The van der Waals surface area contributed by atoms with Crippen LogP contribution in [0.25, 0.3) is 0 Å². The van der Waals surface area contributed by atoms with Gasteiger partial charge < -0.3 is 15.2 Å². The zero-order valence-corrected chi connectivity index (χ0v) is 13.2. The predicted molar refractivity (Wildman–Crippen MR) is 79.7 cm³/mol. The van der Waals surface area contributed by atoms with Gasteiger partial charge in [-0.25, -0.2) is 8.42 Å². The number of halogens is 1. The van der Waals surface area contributed by atoms with Crippen molar-refractivity contribution in [2.45, 2.75) is 22.6 Å². The molecule has 1 aromatic carbocycles. The third-order valence-electron chi connectivity index (χ3n) is 4.19. The van der Waals surface area contributed by atoms with Crippen molar-refractivity contribution in [2.75, 3.05) is 19.8 Å². The number of hydrogen-bond donors (Lipinski definition) is 2. The smallest absolute Gasteiger partial charge is 0.307 e. The van der Waals surface area contributed by atoms with Gasteiger partial charge in [0.2, 0.25) is 0 Å². The first kappa shape index (κ1) is 15.7. The molecule has 0 saturated carbocycles. The maximum atomic E-state index is 12.4. The number of benzene rings is 1. The van der Waals surface area contributed by atoms with E-state index in [1.54, 1.807) is 12.1 Å². The number of rotatable bonds is 4. The number of carbonyl (C=O) groups is 1. The van der Waals surface area contributed by atoms with Crippen LogP contribution in [-0.2, 0) is 19.4 Å². The molecule has 2 aliphatic rings. The van der Waals surface area contributed by atoms with Crippen LogP contribution in [0, 0.1) is 5.92 Å². The quantitative estimate of drug-likeness (QED) is 0.853. The number of ether oxygens (including phenoxy) is 1. The Balaban J connectivity index is 1.82. The monoisotopic (exact) mass is 345 g/mol. The second-order valence-corrected chi connectivity index (χ2v) is 8.23. The van der Waals surface area contributed by atoms with E-state index in [0.29, 0.717) is 13.0 Å². The molecule has 2 N–H and O–H groups in total. The van der Waals surface area contributed by atoms with E-state index in [4.69, 9.17) is 21.4 Å². The highest BCUT2D eigenvalue weighted by atomic mass is 35.5. The summed E-state index contributed by atoms with van der Waals surface area (Å²) in [5.74, 6) is -1.26. The molecule has 22 heavy (non-hydrogen) atoms. The minimum absolute atomic E-state index is 0.110. The highest BCUT2D eigenvalue weighted by molar-refractivity contribution is 7.92. The van der Waals surface area contributed by atoms with E-state index in [1.165, 1.54) is 6.07 Å². The van der Waals surface area contributed by atoms with E-state index in [9.17, 15) is 13.2 Å². The molecule has 2 heterocycles. The van der Waals surface area contributed by atoms with Crippen LogP contribution in [0.15, 0.2) is 23.1 Å². The fraction of sp³-hybridized carbons (Fsp3) is 0.500. The zero-order chi connectivity index (χ0) is 15.9. The third-order valence-corrected chi connectivity index (χ3v) is 6.73. The minimum atomic E-state index is -3.47. The largest absolute Gasteiger partial charge is 0.481 e. The molecular formula is C14H16ClNO5S. The number of carboxylic acid groups (broad SMARTS) is 1. The van der Waals surface area contributed by atoms with E-state index < -0.39 is 27.0 Å². The van der Waals surface area contributed by atoms with Crippen LogP contribution >= 0.6 is 11.6 Å². The standard InChI is InChI=1S/C14H16ClNO5S/c15-11-3-8(12-4-9(5-16-12)14(17)18)1-2-13(11)22(19,20)10-6-21-7-10/h1-3,9-10,12,16H,4-7H2,(H,17,18). The van der Waals surface area contributed by atoms with Gasteiger partial charge in [-0.2, -0.15) is 0 Å². The molecule has 0 aromatic heterocycles. The normalized spacial score (nSPS) is 25.9. The van der Waals surface area contributed by atoms with E-state index in [-0.39, 0.29) is 29.2 Å². The molecule has 0 spiro atoms. The Bertz CT molecular complexity index is 701. The maximum absolute atomic E-state index is 12.4. The highest BCUT2D eigenvalue weighted by Gasteiger charge is 2.36. The molecule has 0 radical (unpaired) electrons. The van der Waals surface area contributed by atoms with E-state index in [2.05, 4.69) is 5.32 Å². The minimum Gasteiger partial charge on any atom is -0.481 e. The van der Waals surface area contributed by atoms with Gasteiger partial charge in [0, 0.05) is 12.6 Å². The number of hydrogen-bond acceptors (Lipinski definition) is 5. The fourth-order valence-corrected chi connectivity index (χ4v) is 4.73. The van der Waals surface area contributed by atoms with E-state index in [1.807, 2.05) is 0 Å². The summed E-state index contributed by atoms with van der Waals surface area (Å²) in [4.78, 5) is 11.1. The Hall–Kier alpha value is -1.15. The molecule has 2 saturated heterocycles. The fourth-order valence-electron chi connectivity index (χ4n) is 2.72. The van der Waals surface area contributed by atoms with Gasteiger partial charge in [-0.1, -0.05) is 17.7 Å². The van der Waals surface area contributed by atoms with Crippen molar-refractivity contribution in [3.05, 3.63) is 28.8 Å². The molecule has 3 rings (SSSR count). The summed E-state index contributed by atoms with van der Waals surface area (Å²) >= 11 is 6.15. The van der Waals surface area contributed by atoms with Crippen LogP contribution < -0.4 is 5.32 Å². The number of carboxylic acids is 1. The van der Waals surface area contributed by atoms with E-state index in [0.717, 1.165) is 5.56 Å². The summed E-state index contributed by atoms with van der Waals surface area (Å²) in [7, 11) is -3.47. The molecule has 2 aliphatic heterocycles. The van der Waals surface area contributed by atoms with Crippen molar-refractivity contribution < 1.29 is 23.1 Å². The molecule has 8 heteroatoms. The predicted octanol–water partition coefficient (Wildman–Crippen LogP) is 1.25. The average Bonchev–Trinajstić information content (AvgIpc) is 2.85. The molecule has 120 valence electrons. The van der Waals surface area contributed by atoms with E-state index >= 15 is 0 Å². The molecule has 2 atom stereocenters. The number of nitrogens with one attached hydrogen (secondary N) is 1. The highest BCUT2D eigenvalue weighted by Crippen LogP contribution is 2.33. The Morgan fingerprint density at radius 3 is 2.59 bits per heavy atom. The maximum Gasteiger partial charge on any atom is 0.307 e. The van der Waals surface area contributed by atoms with Gasteiger partial charge in [-0.05, 0) is 24.1 Å². The van der Waals surface area contributed by atoms with Crippen LogP contribution in [0.4, 0.5) is 0 Å². The van der Waals surface area contributed by atoms with Gasteiger partial charge in [-0.3, -0.25) is 4.79 Å². The Morgan fingerprint density at radius 2 is 2.09 bits per heavy atom. The lowest BCUT2D eigenvalue weighted by molar-refractivity contribution is -0.141. The lowest BCUT2D eigenvalue weighted by atomic mass is 10.0. The summed E-state index contributed by atoms with van der Waals surface area (Å²) < 4.78 is 29.6. The SMILES string of the molecule is O=C(O)C1CNC(c2ccc(S(=O)(=O)C3COC3)c(Cl)c2)C1. The van der Waals surface area contributed by atoms with Gasteiger partial charge in [0.25, 0.3) is 0 Å². The topological polar surface area (TPSA) is 92.7 Å². The average molecular weight is 346 g/mol. The van der Waals surface area contributed by atoms with Crippen LogP contribution in [0.3, 0.4) is 0 Å². The molecule has 2 unspecified atom stereocenters. The van der Waals surface area contributed by atoms with Crippen molar-refractivity contribution in [3.8, 4) is 0 Å². The van der Waals surface area contributed by atoms with Crippen molar-refractivity contribution in [1.29, 1.82) is 0 Å². The van der Waals surface area contributed by atoms with Crippen molar-refractivity contribution in [1.82, 2.24) is 5.32 Å². The van der Waals surface area contributed by atoms with Crippen molar-refractivity contribution in [3.63, 3.8) is 0 Å². The summed E-state index contributed by atoms with van der Waals surface area (Å²) in [6, 6.07) is 4.68. The van der Waals surface area contributed by atoms with Crippen LogP contribution in [-0.4, -0.2) is 44.5 Å². The Kier molecular flexibility index (Phi) is 4.15. The second-order valence-electron chi connectivity index (χ2n) is 5.63. The summed E-state index contributed by atoms with van der Waals surface area (Å²) in [5.41, 5.74) is 0.803. The molecule has 6 nitrogen and oxygen atoms in total. The van der Waals surface area contributed by atoms with Gasteiger partial charge in [-0.15, -0.1) is 0 Å². The third kappa shape index (κ3) is 2.74. The van der Waals surface area contributed by atoms with Crippen LogP contribution in [0.2, 0.25) is 5.02 Å². The first-order chi connectivity index (χ1) is 10.4. The summed E-state index contributed by atoms with van der Waals surface area (Å²) in [6.45, 7) is 0.798. The summed E-state index contributed by atoms with van der Waals surface area (Å²) in [6.07, 6.45) is 0.466. The molecule has 2 fully saturated rings. The molecular weight excluding hydrogens is 330 g/mol. The van der Waals surface area contributed by atoms with Crippen LogP contribution in [0.5, 0.6) is 0 Å². The second kappa shape index (κ2) is 5.81. The Labute approximate surface area is 133 Å². The molecule has 0 amide bonds. The number of sulfone groups is 1. The van der Waals surface area contributed by atoms with Gasteiger partial charge >= 0.3 is 5.97 Å². The lowest BCUT2D eigenvalue weighted by Gasteiger charge is -2.26. The van der Waals surface area contributed by atoms with Gasteiger partial charge in [0.15, 0.2) is 9.84 Å². The molecule has 1 aromatic rings. The van der Waals surface area contributed by atoms with Gasteiger partial charge in [0.05, 0.1) is 29.0 Å². The van der Waals surface area contributed by atoms with Gasteiger partial charge in [0.1, 0.15) is 5.25 Å². The zero-order valence-electron chi connectivity index (χ0n) is 11.7. The molecule has 0 aliphatic carbocycles. The Morgan fingerprint density at radius 1 is 1.36 bits per heavy atom. The number of aliphatic carboxylic acids is 1. The first-order valence-electron chi connectivity index (χ1n) is 6.97. The lowest BCUT2D eigenvalue weighted by Crippen LogP contribution is -2.40. The van der Waals surface area contributed by atoms with Crippen molar-refractivity contribution in [2.24, 2.45) is 5.92 Å². The summed E-state index contributed by atoms with van der Waals surface area (Å²) in [5, 5.41) is 11.8. The molecule has 0 bridgehead atoms. The first-order valence-corrected chi connectivity index (χ1v) is 8.89. The van der Waals surface area contributed by atoms with Crippen LogP contribution in [0.1, 0.15) is 18.0 Å². The van der Waals surface area contributed by atoms with Crippen molar-refractivity contribution >= 4 is 27.4 Å².